The van der Waals surface area contributed by atoms with Crippen molar-refractivity contribution in [2.24, 2.45) is 5.92 Å². The van der Waals surface area contributed by atoms with Gasteiger partial charge in [0.25, 0.3) is 0 Å². The molecule has 3 rings (SSSR count). The lowest BCUT2D eigenvalue weighted by atomic mass is 9.80. The first-order chi connectivity index (χ1) is 9.15. The minimum Gasteiger partial charge on any atom is -0.481 e. The number of carbonyl (C=O) groups is 2. The first-order valence-electron chi connectivity index (χ1n) is 6.76. The minimum atomic E-state index is -0.753. The van der Waals surface area contributed by atoms with E-state index in [2.05, 4.69) is 11.4 Å². The molecule has 0 heterocycles. The van der Waals surface area contributed by atoms with Crippen molar-refractivity contribution in [1.82, 2.24) is 5.32 Å². The summed E-state index contributed by atoms with van der Waals surface area (Å²) in [4.78, 5) is 22.9. The van der Waals surface area contributed by atoms with Gasteiger partial charge in [-0.3, -0.25) is 9.59 Å². The zero-order valence-corrected chi connectivity index (χ0v) is 10.6. The number of benzene rings is 1. The average molecular weight is 259 g/mol. The number of hydrogen-bond donors (Lipinski definition) is 2. The van der Waals surface area contributed by atoms with E-state index in [0.717, 1.165) is 18.4 Å². The maximum atomic E-state index is 12.2. The van der Waals surface area contributed by atoms with Gasteiger partial charge in [0, 0.05) is 6.04 Å². The summed E-state index contributed by atoms with van der Waals surface area (Å²) in [5.41, 5.74) is 2.40. The van der Waals surface area contributed by atoms with Gasteiger partial charge in [0.2, 0.25) is 5.91 Å². The molecule has 1 aromatic rings. The van der Waals surface area contributed by atoms with Crippen LogP contribution in [0.25, 0.3) is 0 Å². The van der Waals surface area contributed by atoms with Crippen molar-refractivity contribution in [1.29, 1.82) is 0 Å². The second-order valence-corrected chi connectivity index (χ2v) is 5.50. The van der Waals surface area contributed by atoms with Crippen LogP contribution in [0.2, 0.25) is 0 Å². The molecule has 19 heavy (non-hydrogen) atoms. The molecular weight excluding hydrogens is 242 g/mol. The Morgan fingerprint density at radius 2 is 1.95 bits per heavy atom. The van der Waals surface area contributed by atoms with E-state index >= 15 is 0 Å². The normalized spacial score (nSPS) is 28.3. The summed E-state index contributed by atoms with van der Waals surface area (Å²) in [7, 11) is 0. The molecule has 0 radical (unpaired) electrons. The van der Waals surface area contributed by atoms with Crippen LogP contribution in [-0.4, -0.2) is 23.0 Å². The van der Waals surface area contributed by atoms with Crippen LogP contribution in [0, 0.1) is 5.92 Å². The van der Waals surface area contributed by atoms with Gasteiger partial charge in [-0.05, 0) is 36.8 Å². The van der Waals surface area contributed by atoms with Crippen molar-refractivity contribution in [2.75, 3.05) is 0 Å². The van der Waals surface area contributed by atoms with Crippen molar-refractivity contribution in [3.05, 3.63) is 35.4 Å². The fraction of sp³-hybridized carbons (Fsp3) is 0.467. The molecule has 1 fully saturated rings. The van der Waals surface area contributed by atoms with Crippen LogP contribution in [0.5, 0.6) is 0 Å². The summed E-state index contributed by atoms with van der Waals surface area (Å²) in [6, 6.07) is 8.11. The third-order valence-corrected chi connectivity index (χ3v) is 4.28. The summed E-state index contributed by atoms with van der Waals surface area (Å²) in [5.74, 6) is -1.03. The predicted molar refractivity (Wildman–Crippen MR) is 69.8 cm³/mol. The fourth-order valence-corrected chi connectivity index (χ4v) is 3.07. The number of aryl methyl sites for hydroxylation is 1. The monoisotopic (exact) mass is 259 g/mol. The molecule has 2 aliphatic rings. The Labute approximate surface area is 111 Å². The third-order valence-electron chi connectivity index (χ3n) is 4.28. The molecule has 1 amide bonds. The molecule has 0 aromatic heterocycles. The average Bonchev–Trinajstić information content (AvgIpc) is 2.76. The van der Waals surface area contributed by atoms with E-state index in [9.17, 15) is 9.59 Å². The highest BCUT2D eigenvalue weighted by Crippen LogP contribution is 2.34. The fourth-order valence-electron chi connectivity index (χ4n) is 3.07. The van der Waals surface area contributed by atoms with E-state index in [1.54, 1.807) is 0 Å². The van der Waals surface area contributed by atoms with Crippen LogP contribution in [0.3, 0.4) is 0 Å². The summed E-state index contributed by atoms with van der Waals surface area (Å²) in [6.45, 7) is 0. The number of rotatable bonds is 3. The molecule has 4 heteroatoms. The van der Waals surface area contributed by atoms with Gasteiger partial charge in [0.05, 0.1) is 11.8 Å². The number of fused-ring (bicyclic) bond motifs is 1. The van der Waals surface area contributed by atoms with Crippen LogP contribution in [0.1, 0.15) is 36.3 Å². The van der Waals surface area contributed by atoms with Gasteiger partial charge in [-0.2, -0.15) is 0 Å². The summed E-state index contributed by atoms with van der Waals surface area (Å²) in [5, 5.41) is 11.8. The summed E-state index contributed by atoms with van der Waals surface area (Å²) in [6.07, 6.45) is 2.95. The van der Waals surface area contributed by atoms with Gasteiger partial charge >= 0.3 is 5.97 Å². The highest BCUT2D eigenvalue weighted by Gasteiger charge is 2.37. The number of nitrogens with one attached hydrogen (secondary N) is 1. The Hall–Kier alpha value is -1.84. The van der Waals surface area contributed by atoms with Gasteiger partial charge in [0.1, 0.15) is 0 Å². The first-order valence-corrected chi connectivity index (χ1v) is 6.76. The molecule has 2 aliphatic carbocycles. The van der Waals surface area contributed by atoms with E-state index in [0.29, 0.717) is 12.8 Å². The zero-order valence-electron chi connectivity index (χ0n) is 10.6. The van der Waals surface area contributed by atoms with Crippen molar-refractivity contribution in [2.45, 2.75) is 37.6 Å². The Morgan fingerprint density at radius 1 is 1.21 bits per heavy atom. The smallest absolute Gasteiger partial charge is 0.306 e. The Balaban J connectivity index is 1.60. The van der Waals surface area contributed by atoms with E-state index in [4.69, 9.17) is 5.11 Å². The standard InChI is InChI=1S/C15H17NO3/c17-14(16-11-7-10(8-11)15(18)19)13-6-5-9-3-1-2-4-12(9)13/h1-4,10-11,13H,5-8H2,(H,16,17)(H,18,19). The van der Waals surface area contributed by atoms with Crippen LogP contribution in [0.15, 0.2) is 24.3 Å². The molecule has 0 spiro atoms. The number of amides is 1. The van der Waals surface area contributed by atoms with Crippen LogP contribution < -0.4 is 5.32 Å². The van der Waals surface area contributed by atoms with Gasteiger partial charge in [-0.25, -0.2) is 0 Å². The molecule has 0 saturated heterocycles. The Bertz CT molecular complexity index is 520. The van der Waals surface area contributed by atoms with Crippen molar-refractivity contribution in [3.63, 3.8) is 0 Å². The second kappa shape index (κ2) is 4.68. The zero-order chi connectivity index (χ0) is 13.4. The first kappa shape index (κ1) is 12.2. The molecule has 1 saturated carbocycles. The Morgan fingerprint density at radius 3 is 2.68 bits per heavy atom. The van der Waals surface area contributed by atoms with E-state index < -0.39 is 5.97 Å². The number of hydrogen-bond acceptors (Lipinski definition) is 2. The van der Waals surface area contributed by atoms with Crippen molar-refractivity contribution >= 4 is 11.9 Å². The third kappa shape index (κ3) is 2.23. The van der Waals surface area contributed by atoms with Gasteiger partial charge in [-0.1, -0.05) is 24.3 Å². The second-order valence-electron chi connectivity index (χ2n) is 5.50. The van der Waals surface area contributed by atoms with Crippen LogP contribution in [0.4, 0.5) is 0 Å². The van der Waals surface area contributed by atoms with E-state index in [1.807, 2.05) is 18.2 Å². The van der Waals surface area contributed by atoms with Crippen LogP contribution in [-0.2, 0) is 16.0 Å². The molecule has 100 valence electrons. The lowest BCUT2D eigenvalue weighted by molar-refractivity contribution is -0.146. The van der Waals surface area contributed by atoms with Gasteiger partial charge < -0.3 is 10.4 Å². The van der Waals surface area contributed by atoms with Crippen molar-refractivity contribution < 1.29 is 14.7 Å². The van der Waals surface area contributed by atoms with E-state index in [-0.39, 0.29) is 23.8 Å². The molecular formula is C15H17NO3. The maximum Gasteiger partial charge on any atom is 0.306 e. The summed E-state index contributed by atoms with van der Waals surface area (Å²) < 4.78 is 0. The maximum absolute atomic E-state index is 12.2. The topological polar surface area (TPSA) is 66.4 Å². The Kier molecular flexibility index (Phi) is 3.01. The highest BCUT2D eigenvalue weighted by atomic mass is 16.4. The lowest BCUT2D eigenvalue weighted by Crippen LogP contribution is -2.47. The number of carboxylic acid groups (broad SMARTS) is 1. The van der Waals surface area contributed by atoms with Crippen molar-refractivity contribution in [3.8, 4) is 0 Å². The number of carbonyl (C=O) groups excluding carboxylic acids is 1. The SMILES string of the molecule is O=C(O)C1CC(NC(=O)C2CCc3ccccc32)C1. The number of carboxylic acids is 1. The quantitative estimate of drug-likeness (QED) is 0.868. The molecule has 4 nitrogen and oxygen atoms in total. The molecule has 1 aromatic carbocycles. The van der Waals surface area contributed by atoms with Crippen LogP contribution >= 0.6 is 0 Å². The molecule has 1 atom stereocenters. The van der Waals surface area contributed by atoms with Gasteiger partial charge in [-0.15, -0.1) is 0 Å². The van der Waals surface area contributed by atoms with Gasteiger partial charge in [0.15, 0.2) is 0 Å². The lowest BCUT2D eigenvalue weighted by Gasteiger charge is -2.33. The largest absolute Gasteiger partial charge is 0.481 e. The summed E-state index contributed by atoms with van der Waals surface area (Å²) >= 11 is 0. The minimum absolute atomic E-state index is 0.0429. The van der Waals surface area contributed by atoms with E-state index in [1.165, 1.54) is 5.56 Å². The number of aliphatic carboxylic acids is 1. The molecule has 2 N–H and O–H groups in total. The molecule has 0 bridgehead atoms. The molecule has 0 aliphatic heterocycles. The highest BCUT2D eigenvalue weighted by molar-refractivity contribution is 5.85. The predicted octanol–water partition coefficient (Wildman–Crippen LogP) is 1.70. The molecule has 1 unspecified atom stereocenters.